The van der Waals surface area contributed by atoms with Gasteiger partial charge in [-0.25, -0.2) is 13.4 Å². The maximum atomic E-state index is 11.6. The minimum absolute atomic E-state index is 0.0329. The van der Waals surface area contributed by atoms with Crippen LogP contribution in [0, 0.1) is 0 Å². The van der Waals surface area contributed by atoms with Crippen LogP contribution in [0.15, 0.2) is 53.6 Å². The van der Waals surface area contributed by atoms with Gasteiger partial charge in [-0.15, -0.1) is 0 Å². The first-order valence-electron chi connectivity index (χ1n) is 5.83. The maximum absolute atomic E-state index is 11.6. The van der Waals surface area contributed by atoms with Crippen molar-refractivity contribution in [3.05, 3.63) is 48.7 Å². The van der Waals surface area contributed by atoms with E-state index in [9.17, 15) is 13.2 Å². The van der Waals surface area contributed by atoms with Gasteiger partial charge in [-0.05, 0) is 36.4 Å². The van der Waals surface area contributed by atoms with Crippen molar-refractivity contribution in [2.45, 2.75) is 4.90 Å². The van der Waals surface area contributed by atoms with Crippen molar-refractivity contribution in [3.8, 4) is 5.75 Å². The largest absolute Gasteiger partial charge is 0.484 e. The Balaban J connectivity index is 1.90. The molecule has 1 N–H and O–H groups in total. The molecule has 0 aliphatic rings. The van der Waals surface area contributed by atoms with Crippen molar-refractivity contribution >= 4 is 31.5 Å². The van der Waals surface area contributed by atoms with Crippen LogP contribution < -0.4 is 10.1 Å². The first-order valence-corrected chi connectivity index (χ1v) is 8.14. The molecule has 0 fully saturated rings. The lowest BCUT2D eigenvalue weighted by atomic mass is 10.3. The van der Waals surface area contributed by atoms with E-state index in [0.29, 0.717) is 11.6 Å². The fourth-order valence-corrected chi connectivity index (χ4v) is 2.23. The Morgan fingerprint density at radius 2 is 1.90 bits per heavy atom. The zero-order chi connectivity index (χ0) is 15.3. The number of pyridine rings is 1. The fraction of sp³-hybridized carbons (Fsp3) is 0.0769. The van der Waals surface area contributed by atoms with Crippen molar-refractivity contribution in [2.24, 2.45) is 0 Å². The highest BCUT2D eigenvalue weighted by Gasteiger charge is 2.10. The second-order valence-electron chi connectivity index (χ2n) is 3.96. The summed E-state index contributed by atoms with van der Waals surface area (Å²) in [6, 6.07) is 10.6. The minimum Gasteiger partial charge on any atom is -0.484 e. The highest BCUT2D eigenvalue weighted by molar-refractivity contribution is 8.13. The summed E-state index contributed by atoms with van der Waals surface area (Å²) < 4.78 is 27.4. The number of rotatable bonds is 5. The summed E-state index contributed by atoms with van der Waals surface area (Å²) in [5, 5.41) is 2.56. The molecule has 8 heteroatoms. The molecular weight excluding hydrogens is 316 g/mol. The molecule has 0 atom stereocenters. The molecule has 0 aliphatic heterocycles. The topological polar surface area (TPSA) is 85.4 Å². The number of carbonyl (C=O) groups excluding carboxylic acids is 1. The van der Waals surface area contributed by atoms with Gasteiger partial charge in [-0.3, -0.25) is 4.79 Å². The highest BCUT2D eigenvalue weighted by atomic mass is 35.7. The molecule has 1 aromatic carbocycles. The zero-order valence-electron chi connectivity index (χ0n) is 10.7. The van der Waals surface area contributed by atoms with Crippen LogP contribution in [0.1, 0.15) is 0 Å². The fourth-order valence-electron chi connectivity index (χ4n) is 1.46. The predicted molar refractivity (Wildman–Crippen MR) is 77.8 cm³/mol. The van der Waals surface area contributed by atoms with Crippen LogP contribution in [-0.4, -0.2) is 25.9 Å². The number of amides is 1. The number of nitrogens with one attached hydrogen (secondary N) is 1. The summed E-state index contributed by atoms with van der Waals surface area (Å²) in [5.74, 6) is 0.410. The Morgan fingerprint density at radius 1 is 1.19 bits per heavy atom. The Hall–Kier alpha value is -2.12. The highest BCUT2D eigenvalue weighted by Crippen LogP contribution is 2.18. The molecule has 0 saturated heterocycles. The molecule has 1 heterocycles. The summed E-state index contributed by atoms with van der Waals surface area (Å²) in [6.45, 7) is -0.219. The number of anilines is 1. The van der Waals surface area contributed by atoms with Crippen LogP contribution in [0.4, 0.5) is 5.82 Å². The molecule has 6 nitrogen and oxygen atoms in total. The van der Waals surface area contributed by atoms with Crippen LogP contribution in [0.25, 0.3) is 0 Å². The Labute approximate surface area is 126 Å². The van der Waals surface area contributed by atoms with Crippen LogP contribution in [0.3, 0.4) is 0 Å². The average Bonchev–Trinajstić information content (AvgIpc) is 2.46. The normalized spacial score (nSPS) is 10.9. The van der Waals surface area contributed by atoms with E-state index < -0.39 is 9.05 Å². The summed E-state index contributed by atoms with van der Waals surface area (Å²) >= 11 is 0. The smallest absolute Gasteiger partial charge is 0.263 e. The quantitative estimate of drug-likeness (QED) is 0.850. The molecule has 2 rings (SSSR count). The molecule has 0 saturated carbocycles. The standard InChI is InChI=1S/C13H11ClN2O4S/c14-21(18,19)11-6-4-10(5-7-11)20-9-13(17)16-12-3-1-2-8-15-12/h1-8H,9H2,(H,15,16,17). The van der Waals surface area contributed by atoms with Gasteiger partial charge in [0, 0.05) is 16.9 Å². The van der Waals surface area contributed by atoms with Gasteiger partial charge in [0.15, 0.2) is 6.61 Å². The first-order chi connectivity index (χ1) is 9.95. The average molecular weight is 327 g/mol. The number of hydrogen-bond donors (Lipinski definition) is 1. The molecule has 21 heavy (non-hydrogen) atoms. The molecule has 1 amide bonds. The van der Waals surface area contributed by atoms with E-state index in [0.717, 1.165) is 0 Å². The van der Waals surface area contributed by atoms with Crippen LogP contribution in [0.5, 0.6) is 5.75 Å². The van der Waals surface area contributed by atoms with Gasteiger partial charge >= 0.3 is 0 Å². The van der Waals surface area contributed by atoms with E-state index in [1.807, 2.05) is 0 Å². The van der Waals surface area contributed by atoms with Crippen molar-refractivity contribution in [1.82, 2.24) is 4.98 Å². The number of nitrogens with zero attached hydrogens (tertiary/aromatic N) is 1. The van der Waals surface area contributed by atoms with Crippen molar-refractivity contribution in [3.63, 3.8) is 0 Å². The minimum atomic E-state index is -3.76. The van der Waals surface area contributed by atoms with Crippen molar-refractivity contribution in [2.75, 3.05) is 11.9 Å². The van der Waals surface area contributed by atoms with Gasteiger partial charge in [0.25, 0.3) is 15.0 Å². The molecular formula is C13H11ClN2O4S. The van der Waals surface area contributed by atoms with Gasteiger partial charge in [0.2, 0.25) is 0 Å². The van der Waals surface area contributed by atoms with Gasteiger partial charge in [-0.1, -0.05) is 6.07 Å². The Kier molecular flexibility index (Phi) is 4.77. The predicted octanol–water partition coefficient (Wildman–Crippen LogP) is 2.03. The van der Waals surface area contributed by atoms with Gasteiger partial charge in [-0.2, -0.15) is 0 Å². The van der Waals surface area contributed by atoms with Gasteiger partial charge < -0.3 is 10.1 Å². The molecule has 1 aromatic heterocycles. The molecule has 0 aliphatic carbocycles. The van der Waals surface area contributed by atoms with E-state index in [4.69, 9.17) is 15.4 Å². The van der Waals surface area contributed by atoms with Crippen LogP contribution in [-0.2, 0) is 13.8 Å². The van der Waals surface area contributed by atoms with E-state index >= 15 is 0 Å². The maximum Gasteiger partial charge on any atom is 0.263 e. The lowest BCUT2D eigenvalue weighted by Gasteiger charge is -2.07. The third-order valence-corrected chi connectivity index (χ3v) is 3.78. The third kappa shape index (κ3) is 4.73. The number of hydrogen-bond acceptors (Lipinski definition) is 5. The van der Waals surface area contributed by atoms with Crippen molar-refractivity contribution in [1.29, 1.82) is 0 Å². The van der Waals surface area contributed by atoms with E-state index in [1.54, 1.807) is 24.4 Å². The van der Waals surface area contributed by atoms with Crippen LogP contribution in [0.2, 0.25) is 0 Å². The molecule has 0 radical (unpaired) electrons. The molecule has 0 unspecified atom stereocenters. The SMILES string of the molecule is O=C(COc1ccc(S(=O)(=O)Cl)cc1)Nc1ccccn1. The lowest BCUT2D eigenvalue weighted by Crippen LogP contribution is -2.20. The van der Waals surface area contributed by atoms with Crippen molar-refractivity contribution < 1.29 is 17.9 Å². The number of halogens is 1. The first kappa shape index (κ1) is 15.3. The zero-order valence-corrected chi connectivity index (χ0v) is 12.3. The van der Waals surface area contributed by atoms with E-state index in [-0.39, 0.29) is 17.4 Å². The van der Waals surface area contributed by atoms with E-state index in [1.165, 1.54) is 24.3 Å². The number of benzene rings is 1. The monoisotopic (exact) mass is 326 g/mol. The molecule has 2 aromatic rings. The third-order valence-electron chi connectivity index (χ3n) is 2.41. The van der Waals surface area contributed by atoms with Gasteiger partial charge in [0.1, 0.15) is 11.6 Å². The van der Waals surface area contributed by atoms with Crippen LogP contribution >= 0.6 is 10.7 Å². The number of aromatic nitrogens is 1. The Bertz CT molecular complexity index is 718. The Morgan fingerprint density at radius 3 is 2.48 bits per heavy atom. The summed E-state index contributed by atoms with van der Waals surface area (Å²) in [5.41, 5.74) is 0. The summed E-state index contributed by atoms with van der Waals surface area (Å²) in [7, 11) is 1.43. The molecule has 110 valence electrons. The van der Waals surface area contributed by atoms with Gasteiger partial charge in [0.05, 0.1) is 4.90 Å². The number of ether oxygens (including phenoxy) is 1. The molecule has 0 bridgehead atoms. The summed E-state index contributed by atoms with van der Waals surface area (Å²) in [4.78, 5) is 15.5. The molecule has 0 spiro atoms. The number of carbonyl (C=O) groups is 1. The second-order valence-corrected chi connectivity index (χ2v) is 6.53. The van der Waals surface area contributed by atoms with E-state index in [2.05, 4.69) is 10.3 Å². The second kappa shape index (κ2) is 6.55. The summed E-state index contributed by atoms with van der Waals surface area (Å²) in [6.07, 6.45) is 1.56. The lowest BCUT2D eigenvalue weighted by molar-refractivity contribution is -0.118.